The molecule has 8 heteroatoms. The molecule has 0 atom stereocenters. The Morgan fingerprint density at radius 2 is 1.59 bits per heavy atom. The summed E-state index contributed by atoms with van der Waals surface area (Å²) >= 11 is 0. The molecule has 1 aliphatic heterocycles. The Labute approximate surface area is 203 Å². The molecule has 0 spiro atoms. The van der Waals surface area contributed by atoms with E-state index in [1.54, 1.807) is 43.0 Å². The number of unbranched alkanes of at least 4 members (excludes halogenated alkanes) is 1. The minimum Gasteiger partial charge on any atom is -0.356 e. The van der Waals surface area contributed by atoms with Gasteiger partial charge in [-0.3, -0.25) is 14.3 Å². The second kappa shape index (κ2) is 11.0. The average Bonchev–Trinajstić information content (AvgIpc) is 2.78. The van der Waals surface area contributed by atoms with Crippen LogP contribution in [0.1, 0.15) is 59.7 Å². The third kappa shape index (κ3) is 6.17. The summed E-state index contributed by atoms with van der Waals surface area (Å²) in [5, 5.41) is 2.98. The molecular formula is C26H35N3O4S. The van der Waals surface area contributed by atoms with Gasteiger partial charge < -0.3 is 10.2 Å². The molecule has 1 heterocycles. The third-order valence-electron chi connectivity index (χ3n) is 6.24. The molecule has 2 aromatic carbocycles. The first-order valence-corrected chi connectivity index (χ1v) is 13.4. The zero-order chi connectivity index (χ0) is 24.9. The predicted octanol–water partition coefficient (Wildman–Crippen LogP) is 4.18. The Morgan fingerprint density at radius 3 is 2.15 bits per heavy atom. The van der Waals surface area contributed by atoms with Crippen LogP contribution in [0.15, 0.2) is 41.3 Å². The van der Waals surface area contributed by atoms with Gasteiger partial charge in [-0.05, 0) is 75.4 Å². The van der Waals surface area contributed by atoms with Gasteiger partial charge in [-0.1, -0.05) is 31.0 Å². The first-order valence-electron chi connectivity index (χ1n) is 11.9. The van der Waals surface area contributed by atoms with E-state index in [4.69, 9.17) is 0 Å². The van der Waals surface area contributed by atoms with Crippen molar-refractivity contribution in [1.29, 1.82) is 0 Å². The van der Waals surface area contributed by atoms with Gasteiger partial charge in [0.1, 0.15) is 0 Å². The molecule has 3 rings (SSSR count). The smallest absolute Gasteiger partial charge is 0.262 e. The number of carbonyl (C=O) groups is 2. The van der Waals surface area contributed by atoms with Gasteiger partial charge in [0.25, 0.3) is 15.9 Å². The maximum Gasteiger partial charge on any atom is 0.262 e. The van der Waals surface area contributed by atoms with Gasteiger partial charge in [-0.15, -0.1) is 0 Å². The number of piperidine rings is 1. The Hall–Kier alpha value is -2.87. The summed E-state index contributed by atoms with van der Waals surface area (Å²) in [4.78, 5) is 27.2. The summed E-state index contributed by atoms with van der Waals surface area (Å²) in [7, 11) is -3.75. The Morgan fingerprint density at radius 1 is 1.00 bits per heavy atom. The largest absolute Gasteiger partial charge is 0.356 e. The molecule has 0 aliphatic carbocycles. The lowest BCUT2D eigenvalue weighted by Gasteiger charge is -2.31. The van der Waals surface area contributed by atoms with E-state index in [0.717, 1.165) is 18.4 Å². The van der Waals surface area contributed by atoms with Gasteiger partial charge in [-0.2, -0.15) is 0 Å². The van der Waals surface area contributed by atoms with Crippen molar-refractivity contribution < 1.29 is 18.0 Å². The molecule has 0 aromatic heterocycles. The summed E-state index contributed by atoms with van der Waals surface area (Å²) < 4.78 is 28.6. The summed E-state index contributed by atoms with van der Waals surface area (Å²) in [6.45, 7) is 9.36. The number of hydrogen-bond donors (Lipinski definition) is 2. The van der Waals surface area contributed by atoms with E-state index in [2.05, 4.69) is 17.0 Å². The normalized spacial score (nSPS) is 14.6. The van der Waals surface area contributed by atoms with E-state index >= 15 is 0 Å². The number of benzene rings is 2. The second-order valence-corrected chi connectivity index (χ2v) is 10.7. The number of likely N-dealkylation sites (tertiary alicyclic amines) is 1. The quantitative estimate of drug-likeness (QED) is 0.548. The number of nitrogens with zero attached hydrogens (tertiary/aromatic N) is 1. The van der Waals surface area contributed by atoms with Crippen molar-refractivity contribution in [2.75, 3.05) is 24.4 Å². The fraction of sp³-hybridized carbons (Fsp3) is 0.462. The Balaban J connectivity index is 1.61. The van der Waals surface area contributed by atoms with Gasteiger partial charge >= 0.3 is 0 Å². The molecule has 1 aliphatic rings. The van der Waals surface area contributed by atoms with Gasteiger partial charge in [0, 0.05) is 36.8 Å². The summed E-state index contributed by atoms with van der Waals surface area (Å²) in [6.07, 6.45) is 3.31. The molecule has 0 unspecified atom stereocenters. The highest BCUT2D eigenvalue weighted by Crippen LogP contribution is 2.25. The van der Waals surface area contributed by atoms with Crippen LogP contribution in [-0.2, 0) is 14.8 Å². The average molecular weight is 486 g/mol. The van der Waals surface area contributed by atoms with E-state index in [9.17, 15) is 18.0 Å². The minimum absolute atomic E-state index is 0.0497. The molecule has 184 valence electrons. The highest BCUT2D eigenvalue weighted by atomic mass is 32.2. The second-order valence-electron chi connectivity index (χ2n) is 9.12. The van der Waals surface area contributed by atoms with Gasteiger partial charge in [-0.25, -0.2) is 8.42 Å². The van der Waals surface area contributed by atoms with E-state index in [1.807, 2.05) is 19.1 Å². The van der Waals surface area contributed by atoms with Crippen LogP contribution in [0.3, 0.4) is 0 Å². The molecule has 0 saturated carbocycles. The number of anilines is 1. The fourth-order valence-electron chi connectivity index (χ4n) is 4.54. The van der Waals surface area contributed by atoms with Gasteiger partial charge in [0.15, 0.2) is 0 Å². The van der Waals surface area contributed by atoms with Crippen molar-refractivity contribution in [1.82, 2.24) is 10.2 Å². The van der Waals surface area contributed by atoms with E-state index in [1.165, 1.54) is 0 Å². The van der Waals surface area contributed by atoms with E-state index in [-0.39, 0.29) is 22.6 Å². The first kappa shape index (κ1) is 25.7. The van der Waals surface area contributed by atoms with Crippen LogP contribution in [0.5, 0.6) is 0 Å². The molecule has 0 radical (unpaired) electrons. The summed E-state index contributed by atoms with van der Waals surface area (Å²) in [5.41, 5.74) is 3.30. The van der Waals surface area contributed by atoms with Gasteiger partial charge in [0.2, 0.25) is 5.91 Å². The van der Waals surface area contributed by atoms with Crippen LogP contribution in [0.4, 0.5) is 5.69 Å². The molecule has 34 heavy (non-hydrogen) atoms. The standard InChI is InChI=1S/C26H35N3O4S/c1-5-6-13-27-25(30)21-11-14-29(15-12-21)26(31)22-7-9-23(10-8-22)28-34(32,33)24-19(3)16-18(2)17-20(24)4/h7-10,16-17,21,28H,5-6,11-15H2,1-4H3,(H,27,30). The van der Waals surface area contributed by atoms with Crippen molar-refractivity contribution in [3.63, 3.8) is 0 Å². The molecule has 2 N–H and O–H groups in total. The van der Waals surface area contributed by atoms with Crippen molar-refractivity contribution >= 4 is 27.5 Å². The fourth-order valence-corrected chi connectivity index (χ4v) is 6.05. The van der Waals surface area contributed by atoms with E-state index in [0.29, 0.717) is 54.9 Å². The minimum atomic E-state index is -3.75. The molecule has 2 aromatic rings. The lowest BCUT2D eigenvalue weighted by atomic mass is 9.95. The summed E-state index contributed by atoms with van der Waals surface area (Å²) in [6, 6.07) is 10.2. The molecule has 0 bridgehead atoms. The number of hydrogen-bond acceptors (Lipinski definition) is 4. The molecule has 1 saturated heterocycles. The highest BCUT2D eigenvalue weighted by Gasteiger charge is 2.28. The maximum absolute atomic E-state index is 13.0. The van der Waals surface area contributed by atoms with Crippen LogP contribution in [0, 0.1) is 26.7 Å². The van der Waals surface area contributed by atoms with Crippen LogP contribution in [0.25, 0.3) is 0 Å². The number of rotatable bonds is 8. The lowest BCUT2D eigenvalue weighted by Crippen LogP contribution is -2.43. The van der Waals surface area contributed by atoms with E-state index < -0.39 is 10.0 Å². The molecular weight excluding hydrogens is 450 g/mol. The first-order chi connectivity index (χ1) is 16.1. The lowest BCUT2D eigenvalue weighted by molar-refractivity contribution is -0.126. The molecule has 2 amide bonds. The zero-order valence-electron chi connectivity index (χ0n) is 20.5. The van der Waals surface area contributed by atoms with Gasteiger partial charge in [0.05, 0.1) is 4.90 Å². The van der Waals surface area contributed by atoms with Crippen molar-refractivity contribution in [2.24, 2.45) is 5.92 Å². The SMILES string of the molecule is CCCCNC(=O)C1CCN(C(=O)c2ccc(NS(=O)(=O)c3c(C)cc(C)cc3C)cc2)CC1. The number of carbonyl (C=O) groups excluding carboxylic acids is 2. The molecule has 1 fully saturated rings. The maximum atomic E-state index is 13.0. The summed E-state index contributed by atoms with van der Waals surface area (Å²) in [5.74, 6) is -0.0768. The topological polar surface area (TPSA) is 95.6 Å². The van der Waals surface area contributed by atoms with Crippen LogP contribution in [-0.4, -0.2) is 44.8 Å². The number of amides is 2. The molecule has 7 nitrogen and oxygen atoms in total. The number of sulfonamides is 1. The predicted molar refractivity (Wildman–Crippen MR) is 134 cm³/mol. The third-order valence-corrected chi connectivity index (χ3v) is 7.93. The van der Waals surface area contributed by atoms with Crippen LogP contribution >= 0.6 is 0 Å². The van der Waals surface area contributed by atoms with Crippen LogP contribution < -0.4 is 10.0 Å². The van der Waals surface area contributed by atoms with Crippen LogP contribution in [0.2, 0.25) is 0 Å². The number of aryl methyl sites for hydroxylation is 3. The zero-order valence-corrected chi connectivity index (χ0v) is 21.3. The Kier molecular flexibility index (Phi) is 8.36. The van der Waals surface area contributed by atoms with Crippen molar-refractivity contribution in [3.8, 4) is 0 Å². The Bertz CT molecular complexity index is 1110. The monoisotopic (exact) mass is 485 g/mol. The number of nitrogens with one attached hydrogen (secondary N) is 2. The van der Waals surface area contributed by atoms with Crippen molar-refractivity contribution in [3.05, 3.63) is 58.7 Å². The highest BCUT2D eigenvalue weighted by molar-refractivity contribution is 7.92. The van der Waals surface area contributed by atoms with Crippen molar-refractivity contribution in [2.45, 2.75) is 58.3 Å².